The van der Waals surface area contributed by atoms with Crippen LogP contribution in [0.3, 0.4) is 0 Å². The first-order chi connectivity index (χ1) is 8.60. The fourth-order valence-electron chi connectivity index (χ4n) is 2.26. The average molecular weight is 315 g/mol. The zero-order chi connectivity index (χ0) is 13.1. The van der Waals surface area contributed by atoms with E-state index in [9.17, 15) is 0 Å². The molecule has 2 atom stereocenters. The van der Waals surface area contributed by atoms with Crippen molar-refractivity contribution in [1.82, 2.24) is 4.98 Å². The van der Waals surface area contributed by atoms with Crippen molar-refractivity contribution in [3.8, 4) is 0 Å². The molecule has 0 N–H and O–H groups in total. The Morgan fingerprint density at radius 1 is 1.56 bits per heavy atom. The van der Waals surface area contributed by atoms with Gasteiger partial charge in [0.05, 0.1) is 23.3 Å². The molecular weight excluding hydrogens is 296 g/mol. The van der Waals surface area contributed by atoms with Crippen LogP contribution in [0.25, 0.3) is 0 Å². The first-order valence-electron chi connectivity index (χ1n) is 6.11. The molecule has 1 aromatic rings. The molecule has 1 aliphatic rings. The molecule has 1 saturated heterocycles. The minimum absolute atomic E-state index is 0.105. The summed E-state index contributed by atoms with van der Waals surface area (Å²) in [4.78, 5) is 6.76. The molecule has 0 aromatic carbocycles. The second-order valence-electron chi connectivity index (χ2n) is 4.75. The molecule has 18 heavy (non-hydrogen) atoms. The van der Waals surface area contributed by atoms with Crippen LogP contribution in [0.1, 0.15) is 12.5 Å². The maximum atomic E-state index is 5.83. The van der Waals surface area contributed by atoms with Crippen molar-refractivity contribution in [2.45, 2.75) is 26.1 Å². The molecule has 5 heteroatoms. The molecule has 0 amide bonds. The number of hydrogen-bond acceptors (Lipinski definition) is 4. The standard InChI is InChI=1S/C13H19BrN2O2/c1-9-4-12(14)13(15-5-9)16-6-10(2)18-11(7-16)8-17-3/h4-5,10-11H,6-8H2,1-3H3/t10-,11-/m1/s1. The van der Waals surface area contributed by atoms with Gasteiger partial charge < -0.3 is 14.4 Å². The molecule has 2 rings (SSSR count). The van der Waals surface area contributed by atoms with Crippen LogP contribution in [-0.2, 0) is 9.47 Å². The summed E-state index contributed by atoms with van der Waals surface area (Å²) in [6, 6.07) is 2.09. The van der Waals surface area contributed by atoms with Crippen molar-refractivity contribution in [1.29, 1.82) is 0 Å². The molecule has 1 fully saturated rings. The van der Waals surface area contributed by atoms with Gasteiger partial charge >= 0.3 is 0 Å². The van der Waals surface area contributed by atoms with Crippen LogP contribution in [0.15, 0.2) is 16.7 Å². The van der Waals surface area contributed by atoms with Crippen molar-refractivity contribution in [3.63, 3.8) is 0 Å². The minimum Gasteiger partial charge on any atom is -0.382 e. The smallest absolute Gasteiger partial charge is 0.143 e. The van der Waals surface area contributed by atoms with Crippen molar-refractivity contribution in [2.24, 2.45) is 0 Å². The van der Waals surface area contributed by atoms with Crippen LogP contribution in [0.2, 0.25) is 0 Å². The number of anilines is 1. The van der Waals surface area contributed by atoms with E-state index >= 15 is 0 Å². The lowest BCUT2D eigenvalue weighted by Crippen LogP contribution is -2.48. The second-order valence-corrected chi connectivity index (χ2v) is 5.60. The number of nitrogens with zero attached hydrogens (tertiary/aromatic N) is 2. The first kappa shape index (κ1) is 13.8. The third-order valence-corrected chi connectivity index (χ3v) is 3.52. The van der Waals surface area contributed by atoms with E-state index < -0.39 is 0 Å². The summed E-state index contributed by atoms with van der Waals surface area (Å²) in [5, 5.41) is 0. The third kappa shape index (κ3) is 3.22. The highest BCUT2D eigenvalue weighted by molar-refractivity contribution is 9.10. The molecule has 4 nitrogen and oxygen atoms in total. The van der Waals surface area contributed by atoms with E-state index in [1.165, 1.54) is 0 Å². The second kappa shape index (κ2) is 5.99. The zero-order valence-corrected chi connectivity index (χ0v) is 12.6. The van der Waals surface area contributed by atoms with Gasteiger partial charge in [0.2, 0.25) is 0 Å². The quantitative estimate of drug-likeness (QED) is 0.858. The summed E-state index contributed by atoms with van der Waals surface area (Å²) in [5.41, 5.74) is 1.15. The van der Waals surface area contributed by atoms with Crippen molar-refractivity contribution >= 4 is 21.7 Å². The maximum Gasteiger partial charge on any atom is 0.143 e. The van der Waals surface area contributed by atoms with Crippen LogP contribution in [0.5, 0.6) is 0 Å². The van der Waals surface area contributed by atoms with Crippen LogP contribution in [0.4, 0.5) is 5.82 Å². The number of hydrogen-bond donors (Lipinski definition) is 0. The highest BCUT2D eigenvalue weighted by atomic mass is 79.9. The number of pyridine rings is 1. The van der Waals surface area contributed by atoms with Crippen LogP contribution >= 0.6 is 15.9 Å². The Hall–Kier alpha value is -0.650. The molecular formula is C13H19BrN2O2. The molecule has 0 aliphatic carbocycles. The average Bonchev–Trinajstić information content (AvgIpc) is 2.28. The number of methoxy groups -OCH3 is 1. The minimum atomic E-state index is 0.105. The fourth-order valence-corrected chi connectivity index (χ4v) is 2.97. The van der Waals surface area contributed by atoms with E-state index in [2.05, 4.69) is 38.8 Å². The molecule has 2 heterocycles. The van der Waals surface area contributed by atoms with E-state index in [1.54, 1.807) is 7.11 Å². The molecule has 0 radical (unpaired) electrons. The highest BCUT2D eigenvalue weighted by Gasteiger charge is 2.27. The Morgan fingerprint density at radius 2 is 2.33 bits per heavy atom. The van der Waals surface area contributed by atoms with E-state index in [4.69, 9.17) is 9.47 Å². The van der Waals surface area contributed by atoms with Crippen LogP contribution < -0.4 is 4.90 Å². The lowest BCUT2D eigenvalue weighted by Gasteiger charge is -2.37. The van der Waals surface area contributed by atoms with Gasteiger partial charge in [0.15, 0.2) is 0 Å². The summed E-state index contributed by atoms with van der Waals surface area (Å²) in [7, 11) is 1.70. The van der Waals surface area contributed by atoms with Gasteiger partial charge in [-0.15, -0.1) is 0 Å². The molecule has 0 bridgehead atoms. The Bertz CT molecular complexity index is 414. The number of halogens is 1. The Kier molecular flexibility index (Phi) is 4.59. The Morgan fingerprint density at radius 3 is 3.00 bits per heavy atom. The summed E-state index contributed by atoms with van der Waals surface area (Å²) < 4.78 is 12.0. The topological polar surface area (TPSA) is 34.6 Å². The predicted molar refractivity (Wildman–Crippen MR) is 75.1 cm³/mol. The van der Waals surface area contributed by atoms with Crippen molar-refractivity contribution < 1.29 is 9.47 Å². The maximum absolute atomic E-state index is 5.83. The van der Waals surface area contributed by atoms with Gasteiger partial charge in [-0.1, -0.05) is 0 Å². The van der Waals surface area contributed by atoms with Gasteiger partial charge in [0.25, 0.3) is 0 Å². The molecule has 0 unspecified atom stereocenters. The van der Waals surface area contributed by atoms with E-state index in [-0.39, 0.29) is 12.2 Å². The largest absolute Gasteiger partial charge is 0.382 e. The fraction of sp³-hybridized carbons (Fsp3) is 0.615. The number of rotatable bonds is 3. The van der Waals surface area contributed by atoms with Gasteiger partial charge in [-0.3, -0.25) is 0 Å². The normalized spacial score (nSPS) is 24.3. The van der Waals surface area contributed by atoms with Crippen LogP contribution in [-0.4, -0.2) is 44.0 Å². The SMILES string of the molecule is COC[C@H]1CN(c2ncc(C)cc2Br)C[C@@H](C)O1. The Labute approximate surface area is 116 Å². The van der Waals surface area contributed by atoms with Gasteiger partial charge in [-0.25, -0.2) is 4.98 Å². The predicted octanol–water partition coefficient (Wildman–Crippen LogP) is 2.39. The summed E-state index contributed by atoms with van der Waals surface area (Å²) in [6.45, 7) is 6.40. The zero-order valence-electron chi connectivity index (χ0n) is 11.0. The van der Waals surface area contributed by atoms with E-state index in [1.807, 2.05) is 13.1 Å². The summed E-state index contributed by atoms with van der Waals surface area (Å²) >= 11 is 3.59. The van der Waals surface area contributed by atoms with Gasteiger partial charge in [-0.2, -0.15) is 0 Å². The number of aryl methyl sites for hydroxylation is 1. The van der Waals surface area contributed by atoms with Gasteiger partial charge in [-0.05, 0) is 41.4 Å². The lowest BCUT2D eigenvalue weighted by atomic mass is 10.2. The summed E-state index contributed by atoms with van der Waals surface area (Å²) in [5.74, 6) is 0.983. The Balaban J connectivity index is 2.16. The van der Waals surface area contributed by atoms with E-state index in [0.717, 1.165) is 28.9 Å². The highest BCUT2D eigenvalue weighted by Crippen LogP contribution is 2.27. The number of aromatic nitrogens is 1. The first-order valence-corrected chi connectivity index (χ1v) is 6.91. The summed E-state index contributed by atoms with van der Waals surface area (Å²) in [6.07, 6.45) is 2.19. The lowest BCUT2D eigenvalue weighted by molar-refractivity contribution is -0.0513. The molecule has 1 aromatic heterocycles. The molecule has 0 saturated carbocycles. The van der Waals surface area contributed by atoms with E-state index in [0.29, 0.717) is 6.61 Å². The number of morpholine rings is 1. The van der Waals surface area contributed by atoms with Crippen molar-refractivity contribution in [3.05, 3.63) is 22.3 Å². The van der Waals surface area contributed by atoms with Crippen molar-refractivity contribution in [2.75, 3.05) is 31.7 Å². The van der Waals surface area contributed by atoms with Gasteiger partial charge in [0.1, 0.15) is 5.82 Å². The monoisotopic (exact) mass is 314 g/mol. The molecule has 100 valence electrons. The van der Waals surface area contributed by atoms with Crippen LogP contribution in [0, 0.1) is 6.92 Å². The third-order valence-electron chi connectivity index (χ3n) is 2.94. The molecule has 0 spiro atoms. The molecule has 1 aliphatic heterocycles. The van der Waals surface area contributed by atoms with Gasteiger partial charge in [0, 0.05) is 26.4 Å². The number of ether oxygens (including phenoxy) is 2.